The Bertz CT molecular complexity index is 1510. The summed E-state index contributed by atoms with van der Waals surface area (Å²) < 4.78 is 21.1. The molecule has 0 bridgehead atoms. The van der Waals surface area contributed by atoms with Crippen molar-refractivity contribution in [1.82, 2.24) is 30.2 Å². The van der Waals surface area contributed by atoms with Crippen LogP contribution in [0.2, 0.25) is 0 Å². The number of aromatic nitrogens is 4. The Kier molecular flexibility index (Phi) is 9.13. The number of pyridine rings is 1. The van der Waals surface area contributed by atoms with Crippen molar-refractivity contribution in [3.8, 4) is 0 Å². The Balaban J connectivity index is 1.21. The summed E-state index contributed by atoms with van der Waals surface area (Å²) in [4.78, 5) is 45.3. The first-order valence-corrected chi connectivity index (χ1v) is 14.7. The molecular weight excluding hydrogens is 573 g/mol. The summed E-state index contributed by atoms with van der Waals surface area (Å²) in [5, 5.41) is 28.9. The van der Waals surface area contributed by atoms with Crippen LogP contribution in [0.15, 0.2) is 30.7 Å². The van der Waals surface area contributed by atoms with Gasteiger partial charge in [-0.3, -0.25) is 9.78 Å². The zero-order chi connectivity index (χ0) is 31.4. The van der Waals surface area contributed by atoms with Crippen LogP contribution in [-0.2, 0) is 9.53 Å². The van der Waals surface area contributed by atoms with Crippen LogP contribution in [0, 0.1) is 5.82 Å². The third kappa shape index (κ3) is 8.09. The molecular formula is C29H38FN9O5. The molecule has 2 aliphatic rings. The molecule has 14 nitrogen and oxygen atoms in total. The van der Waals surface area contributed by atoms with Crippen molar-refractivity contribution in [2.75, 3.05) is 22.6 Å². The molecule has 3 aromatic rings. The van der Waals surface area contributed by atoms with Crippen LogP contribution in [0.25, 0.3) is 5.65 Å². The number of halogens is 1. The van der Waals surface area contributed by atoms with Crippen LogP contribution in [0.3, 0.4) is 0 Å². The van der Waals surface area contributed by atoms with Crippen LogP contribution in [-0.4, -0.2) is 79.0 Å². The van der Waals surface area contributed by atoms with Crippen LogP contribution < -0.4 is 26.6 Å². The molecule has 0 aromatic carbocycles. The van der Waals surface area contributed by atoms with Gasteiger partial charge in [-0.05, 0) is 65.4 Å². The number of ether oxygens (including phenoxy) is 1. The van der Waals surface area contributed by atoms with Gasteiger partial charge in [0.25, 0.3) is 5.91 Å². The van der Waals surface area contributed by atoms with Crippen LogP contribution in [0.5, 0.6) is 0 Å². The fraction of sp³-hybridized carbons (Fsp3) is 0.517. The van der Waals surface area contributed by atoms with Crippen LogP contribution in [0.1, 0.15) is 69.8 Å². The average Bonchev–Trinajstić information content (AvgIpc) is 3.67. The number of urea groups is 1. The molecule has 0 saturated heterocycles. The Morgan fingerprint density at radius 1 is 1.05 bits per heavy atom. The fourth-order valence-electron chi connectivity index (χ4n) is 4.90. The maximum atomic E-state index is 14.1. The Morgan fingerprint density at radius 2 is 1.73 bits per heavy atom. The van der Waals surface area contributed by atoms with Gasteiger partial charge in [0.15, 0.2) is 23.2 Å². The number of aliphatic carboxylic acids is 1. The average molecular weight is 612 g/mol. The quantitative estimate of drug-likeness (QED) is 0.188. The number of hydrogen-bond donors (Lipinski definition) is 6. The minimum Gasteiger partial charge on any atom is -0.480 e. The van der Waals surface area contributed by atoms with E-state index in [1.54, 1.807) is 0 Å². The normalized spacial score (nSPS) is 19.2. The predicted molar refractivity (Wildman–Crippen MR) is 160 cm³/mol. The molecule has 3 aromatic heterocycles. The lowest BCUT2D eigenvalue weighted by atomic mass is 9.91. The zero-order valence-electron chi connectivity index (χ0n) is 24.9. The standard InChI is InChI=1S/C29H38FN9O5/c1-29(2,3)44-15-22(27(41)42)37-28(43)35-18-8-6-17(7-9-18)34-24-12-21(33-16-4-5-16)25-32-14-23(39(25)38-24)26(40)36-20-10-11-31-13-19(20)30/h10-14,16-18,22,33H,4-9,15H2,1-3H3,(H,34,38)(H,41,42)(H,31,36,40)(H2,35,37,43)/t17?,18?,22-/m0/s1. The first kappa shape index (κ1) is 30.9. The summed E-state index contributed by atoms with van der Waals surface area (Å²) >= 11 is 0. The smallest absolute Gasteiger partial charge is 0.328 e. The van der Waals surface area contributed by atoms with Gasteiger partial charge in [-0.1, -0.05) is 0 Å². The lowest BCUT2D eigenvalue weighted by molar-refractivity contribution is -0.142. The number of nitrogens with zero attached hydrogens (tertiary/aromatic N) is 4. The third-order valence-corrected chi connectivity index (χ3v) is 7.36. The molecule has 0 radical (unpaired) electrons. The maximum absolute atomic E-state index is 14.1. The van der Waals surface area contributed by atoms with E-state index in [2.05, 4.69) is 41.7 Å². The molecule has 3 heterocycles. The van der Waals surface area contributed by atoms with Crippen molar-refractivity contribution in [3.05, 3.63) is 42.2 Å². The highest BCUT2D eigenvalue weighted by Crippen LogP contribution is 2.30. The molecule has 2 aliphatic carbocycles. The Morgan fingerprint density at radius 3 is 2.39 bits per heavy atom. The Hall–Kier alpha value is -4.53. The molecule has 0 unspecified atom stereocenters. The molecule has 2 saturated carbocycles. The van der Waals surface area contributed by atoms with Crippen molar-refractivity contribution in [1.29, 1.82) is 0 Å². The number of imidazole rings is 1. The van der Waals surface area contributed by atoms with E-state index in [9.17, 15) is 23.9 Å². The van der Waals surface area contributed by atoms with Crippen molar-refractivity contribution in [2.24, 2.45) is 0 Å². The van der Waals surface area contributed by atoms with E-state index < -0.39 is 35.4 Å². The van der Waals surface area contributed by atoms with E-state index in [4.69, 9.17) is 4.74 Å². The van der Waals surface area contributed by atoms with E-state index >= 15 is 0 Å². The first-order chi connectivity index (χ1) is 20.9. The van der Waals surface area contributed by atoms with Gasteiger partial charge in [0, 0.05) is 30.4 Å². The number of carboxylic acid groups (broad SMARTS) is 1. The molecule has 15 heteroatoms. The molecule has 1 atom stereocenters. The maximum Gasteiger partial charge on any atom is 0.328 e. The Labute approximate surface area is 253 Å². The van der Waals surface area contributed by atoms with Gasteiger partial charge in [-0.2, -0.15) is 0 Å². The van der Waals surface area contributed by atoms with Gasteiger partial charge in [-0.25, -0.2) is 23.5 Å². The second kappa shape index (κ2) is 13.0. The molecule has 6 N–H and O–H groups in total. The minimum absolute atomic E-state index is 0.00123. The summed E-state index contributed by atoms with van der Waals surface area (Å²) in [6.07, 6.45) is 8.69. The van der Waals surface area contributed by atoms with E-state index in [1.807, 2.05) is 26.8 Å². The van der Waals surface area contributed by atoms with Crippen molar-refractivity contribution in [3.63, 3.8) is 0 Å². The van der Waals surface area contributed by atoms with E-state index in [1.165, 1.54) is 23.0 Å². The van der Waals surface area contributed by atoms with Gasteiger partial charge in [0.05, 0.1) is 36.0 Å². The summed E-state index contributed by atoms with van der Waals surface area (Å²) in [6, 6.07) is 1.78. The molecule has 3 amide bonds. The lowest BCUT2D eigenvalue weighted by Crippen LogP contribution is -2.52. The molecule has 0 aliphatic heterocycles. The zero-order valence-corrected chi connectivity index (χ0v) is 24.9. The van der Waals surface area contributed by atoms with Gasteiger partial charge in [-0.15, -0.1) is 5.10 Å². The number of carbonyl (C=O) groups is 3. The fourth-order valence-corrected chi connectivity index (χ4v) is 4.90. The lowest BCUT2D eigenvalue weighted by Gasteiger charge is -2.30. The van der Waals surface area contributed by atoms with Gasteiger partial charge < -0.3 is 36.4 Å². The monoisotopic (exact) mass is 611 g/mol. The van der Waals surface area contributed by atoms with Crippen molar-refractivity contribution < 1.29 is 28.6 Å². The van der Waals surface area contributed by atoms with Gasteiger partial charge >= 0.3 is 12.0 Å². The first-order valence-electron chi connectivity index (χ1n) is 14.7. The number of amides is 3. The highest BCUT2D eigenvalue weighted by atomic mass is 19.1. The number of anilines is 3. The molecule has 0 spiro atoms. The molecule has 2 fully saturated rings. The number of nitrogens with one attached hydrogen (secondary N) is 5. The molecule has 5 rings (SSSR count). The molecule has 236 valence electrons. The van der Waals surface area contributed by atoms with Gasteiger partial charge in [0.2, 0.25) is 0 Å². The summed E-state index contributed by atoms with van der Waals surface area (Å²) in [5.41, 5.74) is 0.826. The number of hydrogen-bond acceptors (Lipinski definition) is 9. The van der Waals surface area contributed by atoms with E-state index in [0.29, 0.717) is 30.3 Å². The number of carboxylic acids is 1. The number of rotatable bonds is 11. The van der Waals surface area contributed by atoms with Crippen LogP contribution in [0.4, 0.5) is 26.4 Å². The van der Waals surface area contributed by atoms with Crippen molar-refractivity contribution >= 4 is 40.7 Å². The predicted octanol–water partition coefficient (Wildman–Crippen LogP) is 3.38. The third-order valence-electron chi connectivity index (χ3n) is 7.36. The summed E-state index contributed by atoms with van der Waals surface area (Å²) in [6.45, 7) is 5.30. The number of carbonyl (C=O) groups excluding carboxylic acids is 2. The van der Waals surface area contributed by atoms with E-state index in [0.717, 1.165) is 37.6 Å². The minimum atomic E-state index is -1.17. The van der Waals surface area contributed by atoms with E-state index in [-0.39, 0.29) is 30.1 Å². The largest absolute Gasteiger partial charge is 0.480 e. The summed E-state index contributed by atoms with van der Waals surface area (Å²) in [5.74, 6) is -1.84. The second-order valence-electron chi connectivity index (χ2n) is 12.2. The highest BCUT2D eigenvalue weighted by Gasteiger charge is 2.28. The number of fused-ring (bicyclic) bond motifs is 1. The van der Waals surface area contributed by atoms with Crippen LogP contribution >= 0.6 is 0 Å². The topological polar surface area (TPSA) is 184 Å². The summed E-state index contributed by atoms with van der Waals surface area (Å²) in [7, 11) is 0. The van der Waals surface area contributed by atoms with Crippen molar-refractivity contribution in [2.45, 2.75) is 89.1 Å². The molecule has 44 heavy (non-hydrogen) atoms. The second-order valence-corrected chi connectivity index (χ2v) is 12.2. The highest BCUT2D eigenvalue weighted by molar-refractivity contribution is 6.03. The van der Waals surface area contributed by atoms with Gasteiger partial charge in [0.1, 0.15) is 5.82 Å². The SMILES string of the molecule is CC(C)(C)OC[C@H](NC(=O)NC1CCC(Nc2cc(NC3CC3)c3ncc(C(=O)Nc4ccncc4F)n3n2)CC1)C(=O)O.